The molecule has 1 rings (SSSR count). The molecule has 0 aromatic heterocycles. The van der Waals surface area contributed by atoms with Crippen molar-refractivity contribution in [3.8, 4) is 0 Å². The van der Waals surface area contributed by atoms with E-state index in [1.54, 1.807) is 0 Å². The van der Waals surface area contributed by atoms with Crippen LogP contribution in [0.25, 0.3) is 0 Å². The van der Waals surface area contributed by atoms with Crippen molar-refractivity contribution in [3.63, 3.8) is 0 Å². The lowest BCUT2D eigenvalue weighted by atomic mass is 9.85. The Hall–Kier alpha value is 0.270. The van der Waals surface area contributed by atoms with E-state index in [0.29, 0.717) is 29.4 Å². The molecule has 1 aliphatic rings. The van der Waals surface area contributed by atoms with Crippen molar-refractivity contribution < 1.29 is 5.11 Å². The van der Waals surface area contributed by atoms with Gasteiger partial charge in [-0.25, -0.2) is 0 Å². The van der Waals surface area contributed by atoms with Crippen LogP contribution in [0.2, 0.25) is 0 Å². The van der Waals surface area contributed by atoms with Crippen LogP contribution in [0.3, 0.4) is 0 Å². The SMILES string of the molecule is CC(CSC(C)(C)C)NC1CCCCC1CO. The lowest BCUT2D eigenvalue weighted by Gasteiger charge is -2.34. The average Bonchev–Trinajstić information content (AvgIpc) is 2.26. The van der Waals surface area contributed by atoms with Gasteiger partial charge in [-0.2, -0.15) is 11.8 Å². The minimum Gasteiger partial charge on any atom is -0.396 e. The van der Waals surface area contributed by atoms with Crippen LogP contribution in [0.4, 0.5) is 0 Å². The monoisotopic (exact) mass is 259 g/mol. The van der Waals surface area contributed by atoms with E-state index < -0.39 is 0 Å². The molecule has 0 aromatic carbocycles. The summed E-state index contributed by atoms with van der Waals surface area (Å²) in [5.41, 5.74) is 0. The zero-order valence-corrected chi connectivity index (χ0v) is 12.6. The van der Waals surface area contributed by atoms with Crippen LogP contribution in [0.15, 0.2) is 0 Å². The van der Waals surface area contributed by atoms with Gasteiger partial charge in [-0.15, -0.1) is 0 Å². The number of thioether (sulfide) groups is 1. The second-order valence-electron chi connectivity index (χ2n) is 6.32. The predicted octanol–water partition coefficient (Wildman–Crippen LogP) is 3.05. The molecule has 2 N–H and O–H groups in total. The zero-order chi connectivity index (χ0) is 12.9. The highest BCUT2D eigenvalue weighted by Crippen LogP contribution is 2.26. The molecule has 0 bridgehead atoms. The molecule has 0 aromatic rings. The summed E-state index contributed by atoms with van der Waals surface area (Å²) in [6.45, 7) is 9.41. The minimum absolute atomic E-state index is 0.344. The highest BCUT2D eigenvalue weighted by molar-refractivity contribution is 8.00. The van der Waals surface area contributed by atoms with E-state index in [-0.39, 0.29) is 0 Å². The highest BCUT2D eigenvalue weighted by Gasteiger charge is 2.25. The summed E-state index contributed by atoms with van der Waals surface area (Å²) in [7, 11) is 0. The van der Waals surface area contributed by atoms with E-state index in [9.17, 15) is 5.11 Å². The zero-order valence-electron chi connectivity index (χ0n) is 11.8. The molecular weight excluding hydrogens is 230 g/mol. The van der Waals surface area contributed by atoms with Gasteiger partial charge in [0.2, 0.25) is 0 Å². The van der Waals surface area contributed by atoms with Crippen molar-refractivity contribution >= 4 is 11.8 Å². The van der Waals surface area contributed by atoms with Gasteiger partial charge in [0.25, 0.3) is 0 Å². The number of hydrogen-bond acceptors (Lipinski definition) is 3. The topological polar surface area (TPSA) is 32.3 Å². The Bertz CT molecular complexity index is 215. The molecule has 2 nitrogen and oxygen atoms in total. The number of nitrogens with one attached hydrogen (secondary N) is 1. The van der Waals surface area contributed by atoms with Gasteiger partial charge in [0.1, 0.15) is 0 Å². The largest absolute Gasteiger partial charge is 0.396 e. The van der Waals surface area contributed by atoms with E-state index in [4.69, 9.17) is 0 Å². The molecular formula is C14H29NOS. The minimum atomic E-state index is 0.344. The lowest BCUT2D eigenvalue weighted by molar-refractivity contribution is 0.149. The Morgan fingerprint density at radius 2 is 1.94 bits per heavy atom. The van der Waals surface area contributed by atoms with Crippen LogP contribution >= 0.6 is 11.8 Å². The van der Waals surface area contributed by atoms with Crippen molar-refractivity contribution in [2.75, 3.05) is 12.4 Å². The Morgan fingerprint density at radius 3 is 2.53 bits per heavy atom. The van der Waals surface area contributed by atoms with Crippen LogP contribution in [0, 0.1) is 5.92 Å². The molecule has 0 heterocycles. The first kappa shape index (κ1) is 15.3. The molecule has 3 heteroatoms. The third kappa shape index (κ3) is 6.12. The molecule has 3 atom stereocenters. The third-order valence-electron chi connectivity index (χ3n) is 3.41. The predicted molar refractivity (Wildman–Crippen MR) is 77.6 cm³/mol. The van der Waals surface area contributed by atoms with E-state index in [2.05, 4.69) is 33.0 Å². The van der Waals surface area contributed by atoms with E-state index in [1.165, 1.54) is 25.7 Å². The fourth-order valence-electron chi connectivity index (χ4n) is 2.43. The fraction of sp³-hybridized carbons (Fsp3) is 1.00. The molecule has 1 saturated carbocycles. The first-order valence-electron chi connectivity index (χ1n) is 6.93. The third-order valence-corrected chi connectivity index (χ3v) is 4.94. The lowest BCUT2D eigenvalue weighted by Crippen LogP contribution is -2.45. The second kappa shape index (κ2) is 7.01. The summed E-state index contributed by atoms with van der Waals surface area (Å²) in [4.78, 5) is 0. The van der Waals surface area contributed by atoms with Gasteiger partial charge < -0.3 is 10.4 Å². The van der Waals surface area contributed by atoms with Gasteiger partial charge in [-0.05, 0) is 25.7 Å². The van der Waals surface area contributed by atoms with Crippen LogP contribution in [0.1, 0.15) is 53.4 Å². The van der Waals surface area contributed by atoms with Crippen molar-refractivity contribution in [2.45, 2.75) is 70.2 Å². The van der Waals surface area contributed by atoms with Crippen molar-refractivity contribution in [2.24, 2.45) is 5.92 Å². The molecule has 1 fully saturated rings. The summed E-state index contributed by atoms with van der Waals surface area (Å²) in [6, 6.07) is 1.07. The first-order valence-corrected chi connectivity index (χ1v) is 7.92. The molecule has 3 unspecified atom stereocenters. The summed E-state index contributed by atoms with van der Waals surface area (Å²) >= 11 is 2.01. The van der Waals surface area contributed by atoms with Gasteiger partial charge in [-0.1, -0.05) is 33.6 Å². The molecule has 0 radical (unpaired) electrons. The molecule has 0 saturated heterocycles. The molecule has 102 valence electrons. The molecule has 1 aliphatic carbocycles. The normalized spacial score (nSPS) is 28.1. The Labute approximate surface area is 111 Å². The van der Waals surface area contributed by atoms with Crippen molar-refractivity contribution in [3.05, 3.63) is 0 Å². The number of rotatable bonds is 5. The van der Waals surface area contributed by atoms with Crippen LogP contribution in [-0.4, -0.2) is 34.3 Å². The fourth-order valence-corrected chi connectivity index (χ4v) is 3.28. The average molecular weight is 259 g/mol. The highest BCUT2D eigenvalue weighted by atomic mass is 32.2. The standard InChI is InChI=1S/C14H29NOS/c1-11(10-17-14(2,3)4)15-13-8-6-5-7-12(13)9-16/h11-13,15-16H,5-10H2,1-4H3. The smallest absolute Gasteiger partial charge is 0.0474 e. The Balaban J connectivity index is 2.31. The summed E-state index contributed by atoms with van der Waals surface area (Å²) < 4.78 is 0.346. The van der Waals surface area contributed by atoms with Crippen LogP contribution in [-0.2, 0) is 0 Å². The van der Waals surface area contributed by atoms with Gasteiger partial charge in [0.15, 0.2) is 0 Å². The van der Waals surface area contributed by atoms with Crippen molar-refractivity contribution in [1.29, 1.82) is 0 Å². The Kier molecular flexibility index (Phi) is 6.32. The van der Waals surface area contributed by atoms with E-state index in [0.717, 1.165) is 5.75 Å². The van der Waals surface area contributed by atoms with E-state index in [1.807, 2.05) is 11.8 Å². The Morgan fingerprint density at radius 1 is 1.29 bits per heavy atom. The molecule has 17 heavy (non-hydrogen) atoms. The van der Waals surface area contributed by atoms with E-state index >= 15 is 0 Å². The quantitative estimate of drug-likeness (QED) is 0.796. The maximum atomic E-state index is 9.39. The number of aliphatic hydroxyl groups excluding tert-OH is 1. The maximum absolute atomic E-state index is 9.39. The molecule has 0 aliphatic heterocycles. The van der Waals surface area contributed by atoms with Crippen LogP contribution < -0.4 is 5.32 Å². The summed E-state index contributed by atoms with van der Waals surface area (Å²) in [6.07, 6.45) is 5.02. The summed E-state index contributed by atoms with van der Waals surface area (Å²) in [5.74, 6) is 1.63. The van der Waals surface area contributed by atoms with Gasteiger partial charge in [0, 0.05) is 29.2 Å². The van der Waals surface area contributed by atoms with Crippen molar-refractivity contribution in [1.82, 2.24) is 5.32 Å². The number of aliphatic hydroxyl groups is 1. The van der Waals surface area contributed by atoms with Crippen LogP contribution in [0.5, 0.6) is 0 Å². The van der Waals surface area contributed by atoms with Gasteiger partial charge in [-0.3, -0.25) is 0 Å². The summed E-state index contributed by atoms with van der Waals surface area (Å²) in [5, 5.41) is 13.1. The van der Waals surface area contributed by atoms with Gasteiger partial charge >= 0.3 is 0 Å². The molecule has 0 spiro atoms. The van der Waals surface area contributed by atoms with Gasteiger partial charge in [0.05, 0.1) is 0 Å². The second-order valence-corrected chi connectivity index (χ2v) is 8.17. The number of hydrogen-bond donors (Lipinski definition) is 2. The first-order chi connectivity index (χ1) is 7.92. The maximum Gasteiger partial charge on any atom is 0.0474 e. The molecule has 0 amide bonds.